The fourth-order valence-corrected chi connectivity index (χ4v) is 3.35. The lowest BCUT2D eigenvalue weighted by molar-refractivity contribution is 0.0997. The van der Waals surface area contributed by atoms with E-state index < -0.39 is 0 Å². The summed E-state index contributed by atoms with van der Waals surface area (Å²) in [5.74, 6) is 0.441. The van der Waals surface area contributed by atoms with E-state index in [0.29, 0.717) is 21.4 Å². The van der Waals surface area contributed by atoms with E-state index in [4.69, 9.17) is 27.6 Å². The van der Waals surface area contributed by atoms with Crippen molar-refractivity contribution in [3.8, 4) is 11.3 Å². The largest absolute Gasteiger partial charge is 0.451 e. The summed E-state index contributed by atoms with van der Waals surface area (Å²) in [5, 5.41) is 3.94. The highest BCUT2D eigenvalue weighted by atomic mass is 35.5. The molecule has 0 saturated carbocycles. The van der Waals surface area contributed by atoms with Gasteiger partial charge < -0.3 is 9.73 Å². The van der Waals surface area contributed by atoms with E-state index in [2.05, 4.69) is 5.32 Å². The smallest absolute Gasteiger partial charge is 0.291 e. The molecule has 0 bridgehead atoms. The van der Waals surface area contributed by atoms with E-state index in [1.54, 1.807) is 30.3 Å². The Balaban J connectivity index is 1.86. The molecule has 5 heteroatoms. The first-order valence-electron chi connectivity index (χ1n) is 7.79. The SMILES string of the molecule is Cc1cc(C)c(NC(=O)c2ccc(-c3ccc(Cl)cc3Cl)o2)c(C)c1. The molecule has 3 rings (SSSR count). The van der Waals surface area contributed by atoms with Crippen LogP contribution in [0.2, 0.25) is 10.0 Å². The molecule has 25 heavy (non-hydrogen) atoms. The van der Waals surface area contributed by atoms with E-state index >= 15 is 0 Å². The van der Waals surface area contributed by atoms with Crippen LogP contribution in [0.1, 0.15) is 27.2 Å². The molecule has 3 nitrogen and oxygen atoms in total. The summed E-state index contributed by atoms with van der Waals surface area (Å²) in [6.07, 6.45) is 0. The van der Waals surface area contributed by atoms with Crippen molar-refractivity contribution in [2.45, 2.75) is 20.8 Å². The number of halogens is 2. The van der Waals surface area contributed by atoms with Crippen molar-refractivity contribution >= 4 is 34.8 Å². The Morgan fingerprint density at radius 2 is 1.64 bits per heavy atom. The zero-order chi connectivity index (χ0) is 18.1. The predicted molar refractivity (Wildman–Crippen MR) is 103 cm³/mol. The average molecular weight is 374 g/mol. The Kier molecular flexibility index (Phi) is 4.89. The van der Waals surface area contributed by atoms with Crippen LogP contribution >= 0.6 is 23.2 Å². The van der Waals surface area contributed by atoms with Gasteiger partial charge in [0.05, 0.1) is 5.02 Å². The van der Waals surface area contributed by atoms with Gasteiger partial charge in [-0.25, -0.2) is 0 Å². The van der Waals surface area contributed by atoms with Crippen LogP contribution in [0.3, 0.4) is 0 Å². The number of hydrogen-bond acceptors (Lipinski definition) is 2. The molecule has 1 amide bonds. The molecular weight excluding hydrogens is 357 g/mol. The number of aryl methyl sites for hydroxylation is 3. The maximum absolute atomic E-state index is 12.5. The molecular formula is C20H17Cl2NO2. The van der Waals surface area contributed by atoms with Crippen LogP contribution in [-0.2, 0) is 0 Å². The quantitative estimate of drug-likeness (QED) is 0.574. The summed E-state index contributed by atoms with van der Waals surface area (Å²) in [7, 11) is 0. The molecule has 0 fully saturated rings. The third-order valence-electron chi connectivity index (χ3n) is 3.94. The number of amides is 1. The molecule has 0 saturated heterocycles. The van der Waals surface area contributed by atoms with Crippen molar-refractivity contribution in [3.63, 3.8) is 0 Å². The minimum absolute atomic E-state index is 0.223. The van der Waals surface area contributed by atoms with Gasteiger partial charge >= 0.3 is 0 Å². The number of nitrogens with one attached hydrogen (secondary N) is 1. The van der Waals surface area contributed by atoms with Gasteiger partial charge in [-0.15, -0.1) is 0 Å². The van der Waals surface area contributed by atoms with Gasteiger partial charge in [-0.05, 0) is 62.2 Å². The van der Waals surface area contributed by atoms with Crippen LogP contribution in [0.5, 0.6) is 0 Å². The molecule has 3 aromatic rings. The van der Waals surface area contributed by atoms with Gasteiger partial charge in [0.15, 0.2) is 5.76 Å². The third-order valence-corrected chi connectivity index (χ3v) is 4.49. The second-order valence-electron chi connectivity index (χ2n) is 6.02. The summed E-state index contributed by atoms with van der Waals surface area (Å²) >= 11 is 12.1. The van der Waals surface area contributed by atoms with Gasteiger partial charge in [-0.2, -0.15) is 0 Å². The molecule has 1 N–H and O–H groups in total. The molecule has 0 aliphatic carbocycles. The highest BCUT2D eigenvalue weighted by Gasteiger charge is 2.16. The monoisotopic (exact) mass is 373 g/mol. The van der Waals surface area contributed by atoms with Crippen molar-refractivity contribution in [2.24, 2.45) is 0 Å². The lowest BCUT2D eigenvalue weighted by atomic mass is 10.1. The fourth-order valence-electron chi connectivity index (χ4n) is 2.85. The van der Waals surface area contributed by atoms with E-state index in [0.717, 1.165) is 22.4 Å². The van der Waals surface area contributed by atoms with Gasteiger partial charge in [0.1, 0.15) is 5.76 Å². The topological polar surface area (TPSA) is 42.2 Å². The summed E-state index contributed by atoms with van der Waals surface area (Å²) in [6.45, 7) is 5.97. The maximum atomic E-state index is 12.5. The molecule has 1 aromatic heterocycles. The molecule has 2 aromatic carbocycles. The first kappa shape index (κ1) is 17.6. The number of rotatable bonds is 3. The number of carbonyl (C=O) groups excluding carboxylic acids is 1. The second kappa shape index (κ2) is 6.95. The standard InChI is InChI=1S/C20H17Cl2NO2/c1-11-8-12(2)19(13(3)9-11)23-20(24)18-7-6-17(25-18)15-5-4-14(21)10-16(15)22/h4-10H,1-3H3,(H,23,24). The van der Waals surface area contributed by atoms with Crippen molar-refractivity contribution < 1.29 is 9.21 Å². The molecule has 0 unspecified atom stereocenters. The zero-order valence-electron chi connectivity index (χ0n) is 14.1. The second-order valence-corrected chi connectivity index (χ2v) is 6.86. The predicted octanol–water partition coefficient (Wildman–Crippen LogP) is 6.43. The molecule has 0 spiro atoms. The summed E-state index contributed by atoms with van der Waals surface area (Å²) < 4.78 is 5.69. The number of anilines is 1. The van der Waals surface area contributed by atoms with Crippen molar-refractivity contribution in [2.75, 3.05) is 5.32 Å². The van der Waals surface area contributed by atoms with Crippen LogP contribution in [-0.4, -0.2) is 5.91 Å². The maximum Gasteiger partial charge on any atom is 0.291 e. The lowest BCUT2D eigenvalue weighted by Gasteiger charge is -2.11. The fraction of sp³-hybridized carbons (Fsp3) is 0.150. The Morgan fingerprint density at radius 1 is 0.960 bits per heavy atom. The molecule has 0 aliphatic heterocycles. The first-order valence-corrected chi connectivity index (χ1v) is 8.55. The Hall–Kier alpha value is -2.23. The van der Waals surface area contributed by atoms with E-state index in [-0.39, 0.29) is 11.7 Å². The molecule has 0 aliphatic rings. The van der Waals surface area contributed by atoms with Gasteiger partial charge in [0.2, 0.25) is 0 Å². The number of benzene rings is 2. The number of furan rings is 1. The van der Waals surface area contributed by atoms with Crippen LogP contribution in [0, 0.1) is 20.8 Å². The van der Waals surface area contributed by atoms with Crippen LogP contribution in [0.15, 0.2) is 46.9 Å². The zero-order valence-corrected chi connectivity index (χ0v) is 15.6. The molecule has 0 atom stereocenters. The normalized spacial score (nSPS) is 10.8. The van der Waals surface area contributed by atoms with Gasteiger partial charge in [-0.3, -0.25) is 4.79 Å². The third kappa shape index (κ3) is 3.73. The summed E-state index contributed by atoms with van der Waals surface area (Å²) in [5.41, 5.74) is 4.67. The Labute approximate surface area is 156 Å². The summed E-state index contributed by atoms with van der Waals surface area (Å²) in [4.78, 5) is 12.5. The minimum atomic E-state index is -0.300. The Bertz CT molecular complexity index is 937. The van der Waals surface area contributed by atoms with E-state index in [9.17, 15) is 4.79 Å². The van der Waals surface area contributed by atoms with E-state index in [1.165, 1.54) is 0 Å². The highest BCUT2D eigenvalue weighted by Crippen LogP contribution is 2.32. The minimum Gasteiger partial charge on any atom is -0.451 e. The first-order chi connectivity index (χ1) is 11.8. The van der Waals surface area contributed by atoms with Crippen LogP contribution < -0.4 is 5.32 Å². The average Bonchev–Trinajstić information content (AvgIpc) is 3.00. The van der Waals surface area contributed by atoms with Crippen molar-refractivity contribution in [1.82, 2.24) is 0 Å². The van der Waals surface area contributed by atoms with Crippen molar-refractivity contribution in [3.05, 3.63) is 75.0 Å². The highest BCUT2D eigenvalue weighted by molar-refractivity contribution is 6.36. The molecule has 0 radical (unpaired) electrons. The summed E-state index contributed by atoms with van der Waals surface area (Å²) in [6, 6.07) is 12.5. The van der Waals surface area contributed by atoms with Crippen LogP contribution in [0.25, 0.3) is 11.3 Å². The number of carbonyl (C=O) groups is 1. The van der Waals surface area contributed by atoms with E-state index in [1.807, 2.05) is 32.9 Å². The van der Waals surface area contributed by atoms with Gasteiger partial charge in [0, 0.05) is 16.3 Å². The Morgan fingerprint density at radius 3 is 2.28 bits per heavy atom. The molecule has 128 valence electrons. The molecule has 1 heterocycles. The van der Waals surface area contributed by atoms with Crippen LogP contribution in [0.4, 0.5) is 5.69 Å². The van der Waals surface area contributed by atoms with Crippen molar-refractivity contribution in [1.29, 1.82) is 0 Å². The lowest BCUT2D eigenvalue weighted by Crippen LogP contribution is -2.13. The number of hydrogen-bond donors (Lipinski definition) is 1. The van der Waals surface area contributed by atoms with Gasteiger partial charge in [-0.1, -0.05) is 40.9 Å². The van der Waals surface area contributed by atoms with Gasteiger partial charge in [0.25, 0.3) is 5.91 Å².